The Morgan fingerprint density at radius 3 is 2.37 bits per heavy atom. The molecule has 3 aromatic carbocycles. The van der Waals surface area contributed by atoms with Crippen LogP contribution >= 0.6 is 0 Å². The summed E-state index contributed by atoms with van der Waals surface area (Å²) < 4.78 is 11.1. The van der Waals surface area contributed by atoms with Crippen molar-refractivity contribution in [1.82, 2.24) is 19.3 Å². The van der Waals surface area contributed by atoms with E-state index in [-0.39, 0.29) is 21.1 Å². The van der Waals surface area contributed by atoms with Crippen molar-refractivity contribution in [2.45, 2.75) is 99.8 Å². The Labute approximate surface area is 324 Å². The van der Waals surface area contributed by atoms with E-state index in [9.17, 15) is 0 Å². The van der Waals surface area contributed by atoms with Gasteiger partial charge in [0, 0.05) is 40.4 Å². The number of allylic oxidation sites excluding steroid dienone is 2. The standard InChI is InChI=1S/C46H52N4O.Pt/c1-29(2)16-20-40-46(45-33(7)12-11-13-34(45)8)42(21-17-30(3)4)50(48-40)35-24-32(6)25-37(27-35)51-36-18-19-39-38-14-9-10-15-41(38)49(43(39)28-36)44-26-31(5)22-23-47-44;/h9-10,12,14-15,18-19,22-26,29-30,34,45H,11,13,16-17,20-21H2,1-8H3;/q-2;+2/t34-,45?;/m0./s1. The molecule has 0 aliphatic heterocycles. The molecule has 1 unspecified atom stereocenters. The van der Waals surface area contributed by atoms with Crippen molar-refractivity contribution in [3.63, 3.8) is 0 Å². The molecule has 7 rings (SSSR count). The third-order valence-electron chi connectivity index (χ3n) is 10.6. The number of hydrogen-bond acceptors (Lipinski definition) is 3. The molecule has 0 spiro atoms. The van der Waals surface area contributed by atoms with E-state index in [0.717, 1.165) is 76.5 Å². The number of aryl methyl sites for hydroxylation is 3. The van der Waals surface area contributed by atoms with Crippen LogP contribution in [0.1, 0.15) is 101 Å². The minimum absolute atomic E-state index is 0. The van der Waals surface area contributed by atoms with Gasteiger partial charge in [0.05, 0.1) is 5.69 Å². The van der Waals surface area contributed by atoms with Crippen LogP contribution in [-0.2, 0) is 33.9 Å². The second kappa shape index (κ2) is 16.0. The zero-order chi connectivity index (χ0) is 35.8. The number of para-hydroxylation sites is 1. The second-order valence-corrected chi connectivity index (χ2v) is 15.7. The van der Waals surface area contributed by atoms with Gasteiger partial charge in [-0.25, -0.2) is 4.98 Å². The number of nitrogens with zero attached hydrogens (tertiary/aromatic N) is 4. The molecule has 0 radical (unpaired) electrons. The smallest absolute Gasteiger partial charge is 0.509 e. The van der Waals surface area contributed by atoms with Gasteiger partial charge in [0.2, 0.25) is 0 Å². The van der Waals surface area contributed by atoms with E-state index in [1.807, 2.05) is 18.3 Å². The SMILES string of the molecule is CC1=CCC[C@H](C)C1c1c(CCC(C)C)nn(-c2[c-]c(Oc3[c-]c4c(cc3)c3ccccc3n4-c3cc(C)ccn3)cc(C)c2)c1CCC(C)C.[Pt+2]. The van der Waals surface area contributed by atoms with Gasteiger partial charge in [0.15, 0.2) is 0 Å². The van der Waals surface area contributed by atoms with Gasteiger partial charge in [-0.1, -0.05) is 76.9 Å². The van der Waals surface area contributed by atoms with Crippen molar-refractivity contribution in [3.05, 3.63) is 119 Å². The summed E-state index contributed by atoms with van der Waals surface area (Å²) >= 11 is 0. The van der Waals surface area contributed by atoms with Crippen molar-refractivity contribution in [2.24, 2.45) is 17.8 Å². The number of aromatic nitrogens is 4. The van der Waals surface area contributed by atoms with Gasteiger partial charge in [0.25, 0.3) is 0 Å². The van der Waals surface area contributed by atoms with Crippen LogP contribution in [0.4, 0.5) is 0 Å². The molecule has 6 aromatic rings. The zero-order valence-electron chi connectivity index (χ0n) is 32.0. The van der Waals surface area contributed by atoms with E-state index in [1.165, 1.54) is 28.9 Å². The van der Waals surface area contributed by atoms with E-state index in [0.29, 0.717) is 35.2 Å². The molecule has 1 aliphatic rings. The predicted octanol–water partition coefficient (Wildman–Crippen LogP) is 12.0. The number of ether oxygens (including phenoxy) is 1. The van der Waals surface area contributed by atoms with Crippen molar-refractivity contribution < 1.29 is 25.8 Å². The molecule has 0 amide bonds. The average molecular weight is 872 g/mol. The molecule has 0 saturated carbocycles. The molecule has 1 aliphatic carbocycles. The van der Waals surface area contributed by atoms with Crippen molar-refractivity contribution >= 4 is 21.8 Å². The first-order valence-corrected chi connectivity index (χ1v) is 18.9. The fourth-order valence-electron chi connectivity index (χ4n) is 7.94. The monoisotopic (exact) mass is 871 g/mol. The summed E-state index contributed by atoms with van der Waals surface area (Å²) in [5.74, 6) is 4.36. The van der Waals surface area contributed by atoms with Gasteiger partial charge in [-0.05, 0) is 105 Å². The third kappa shape index (κ3) is 7.72. The second-order valence-electron chi connectivity index (χ2n) is 15.7. The van der Waals surface area contributed by atoms with Crippen molar-refractivity contribution in [3.8, 4) is 23.0 Å². The van der Waals surface area contributed by atoms with Crippen LogP contribution in [0.3, 0.4) is 0 Å². The molecule has 0 fully saturated rings. The normalized spacial score (nSPS) is 16.2. The van der Waals surface area contributed by atoms with E-state index in [2.05, 4.69) is 131 Å². The Kier molecular flexibility index (Phi) is 11.6. The summed E-state index contributed by atoms with van der Waals surface area (Å²) in [4.78, 5) is 4.74. The molecule has 0 saturated heterocycles. The van der Waals surface area contributed by atoms with E-state index in [1.54, 1.807) is 0 Å². The number of pyridine rings is 1. The Bertz CT molecular complexity index is 2220. The maximum atomic E-state index is 6.65. The van der Waals surface area contributed by atoms with Gasteiger partial charge < -0.3 is 9.30 Å². The van der Waals surface area contributed by atoms with Gasteiger partial charge >= 0.3 is 21.1 Å². The molecule has 3 aromatic heterocycles. The summed E-state index contributed by atoms with van der Waals surface area (Å²) in [7, 11) is 0. The first-order valence-electron chi connectivity index (χ1n) is 18.9. The van der Waals surface area contributed by atoms with Gasteiger partial charge in [-0.15, -0.1) is 35.7 Å². The van der Waals surface area contributed by atoms with E-state index >= 15 is 0 Å². The molecule has 6 heteroatoms. The minimum Gasteiger partial charge on any atom is -0.509 e. The fraction of sp³-hybridized carbons (Fsp3) is 0.391. The molecule has 0 N–H and O–H groups in total. The maximum Gasteiger partial charge on any atom is 2.00 e. The summed E-state index contributed by atoms with van der Waals surface area (Å²) in [6.45, 7) is 18.3. The number of benzene rings is 3. The number of hydrogen-bond donors (Lipinski definition) is 0. The molecular weight excluding hydrogens is 820 g/mol. The van der Waals surface area contributed by atoms with E-state index < -0.39 is 0 Å². The van der Waals surface area contributed by atoms with Crippen LogP contribution in [0.15, 0.2) is 78.5 Å². The molecule has 272 valence electrons. The van der Waals surface area contributed by atoms with Gasteiger partial charge in [-0.3, -0.25) is 4.68 Å². The van der Waals surface area contributed by atoms with Crippen LogP contribution < -0.4 is 4.74 Å². The molecular formula is C46H52N4OPt. The van der Waals surface area contributed by atoms with Crippen LogP contribution in [-0.4, -0.2) is 19.3 Å². The van der Waals surface area contributed by atoms with Gasteiger partial charge in [0.1, 0.15) is 5.82 Å². The first kappa shape index (κ1) is 37.8. The van der Waals surface area contributed by atoms with Crippen LogP contribution in [0.2, 0.25) is 0 Å². The Morgan fingerprint density at radius 1 is 0.846 bits per heavy atom. The number of fused-ring (bicyclic) bond motifs is 3. The summed E-state index contributed by atoms with van der Waals surface area (Å²) in [6.07, 6.45) is 10.9. The third-order valence-corrected chi connectivity index (χ3v) is 10.6. The summed E-state index contributed by atoms with van der Waals surface area (Å²) in [5.41, 5.74) is 10.8. The van der Waals surface area contributed by atoms with Gasteiger partial charge in [-0.2, -0.15) is 16.7 Å². The average Bonchev–Trinajstić information content (AvgIpc) is 3.61. The topological polar surface area (TPSA) is 44.9 Å². The Balaban J connectivity index is 0.00000464. The largest absolute Gasteiger partial charge is 2.00 e. The van der Waals surface area contributed by atoms with E-state index in [4.69, 9.17) is 14.8 Å². The minimum atomic E-state index is 0. The van der Waals surface area contributed by atoms with Crippen LogP contribution in [0.5, 0.6) is 11.5 Å². The number of rotatable bonds is 11. The molecule has 52 heavy (non-hydrogen) atoms. The Morgan fingerprint density at radius 2 is 1.62 bits per heavy atom. The van der Waals surface area contributed by atoms with Crippen LogP contribution in [0.25, 0.3) is 33.3 Å². The van der Waals surface area contributed by atoms with Crippen molar-refractivity contribution in [2.75, 3.05) is 0 Å². The summed E-state index contributed by atoms with van der Waals surface area (Å²) in [6, 6.07) is 28.3. The fourth-order valence-corrected chi connectivity index (χ4v) is 7.94. The summed E-state index contributed by atoms with van der Waals surface area (Å²) in [5, 5.41) is 7.74. The molecule has 2 atom stereocenters. The maximum absolute atomic E-state index is 6.65. The Hall–Kier alpha value is -3.95. The molecule has 0 bridgehead atoms. The van der Waals surface area contributed by atoms with Crippen LogP contribution in [0, 0.1) is 43.7 Å². The first-order chi connectivity index (χ1) is 24.6. The zero-order valence-corrected chi connectivity index (χ0v) is 34.3. The predicted molar refractivity (Wildman–Crippen MR) is 211 cm³/mol. The quantitative estimate of drug-likeness (QED) is 0.0962. The van der Waals surface area contributed by atoms with Crippen molar-refractivity contribution in [1.29, 1.82) is 0 Å². The molecule has 3 heterocycles. The molecule has 5 nitrogen and oxygen atoms in total.